The molecule has 2 heterocycles. The van der Waals surface area contributed by atoms with Crippen molar-refractivity contribution < 1.29 is 9.53 Å². The summed E-state index contributed by atoms with van der Waals surface area (Å²) in [6, 6.07) is 7.61. The van der Waals surface area contributed by atoms with Gasteiger partial charge in [0.1, 0.15) is 12.1 Å². The van der Waals surface area contributed by atoms with Crippen LogP contribution in [-0.2, 0) is 24.2 Å². The molecule has 108 valence electrons. The number of amides is 1. The standard InChI is InChI=1S/C16H17N3O2/c1-21-14-4-2-12(3-5-14)8-16(20)19-7-6-15-13(10-19)9-17-11-18-15/h2-5,9,11H,6-8,10H2,1H3. The predicted molar refractivity (Wildman–Crippen MR) is 77.9 cm³/mol. The smallest absolute Gasteiger partial charge is 0.227 e. The largest absolute Gasteiger partial charge is 0.497 e. The molecule has 1 aromatic heterocycles. The van der Waals surface area contributed by atoms with E-state index < -0.39 is 0 Å². The van der Waals surface area contributed by atoms with Gasteiger partial charge in [-0.1, -0.05) is 12.1 Å². The number of rotatable bonds is 3. The number of nitrogens with zero attached hydrogens (tertiary/aromatic N) is 3. The minimum Gasteiger partial charge on any atom is -0.497 e. The van der Waals surface area contributed by atoms with Crippen molar-refractivity contribution in [2.75, 3.05) is 13.7 Å². The molecule has 0 atom stereocenters. The first kappa shape index (κ1) is 13.5. The Morgan fingerprint density at radius 2 is 2.14 bits per heavy atom. The third-order valence-corrected chi connectivity index (χ3v) is 3.73. The van der Waals surface area contributed by atoms with Gasteiger partial charge in [0, 0.05) is 31.3 Å². The molecule has 1 amide bonds. The lowest BCUT2D eigenvalue weighted by Crippen LogP contribution is -2.37. The molecule has 5 heteroatoms. The zero-order valence-corrected chi connectivity index (χ0v) is 12.0. The summed E-state index contributed by atoms with van der Waals surface area (Å²) < 4.78 is 5.12. The highest BCUT2D eigenvalue weighted by molar-refractivity contribution is 5.79. The second-order valence-corrected chi connectivity index (χ2v) is 5.08. The molecule has 1 aliphatic rings. The van der Waals surface area contributed by atoms with Crippen LogP contribution in [0.25, 0.3) is 0 Å². The number of carbonyl (C=O) groups excluding carboxylic acids is 1. The normalized spacial score (nSPS) is 13.7. The van der Waals surface area contributed by atoms with Crippen molar-refractivity contribution in [2.45, 2.75) is 19.4 Å². The van der Waals surface area contributed by atoms with Gasteiger partial charge in [0.2, 0.25) is 5.91 Å². The molecule has 3 rings (SSSR count). The van der Waals surface area contributed by atoms with Crippen LogP contribution in [0.4, 0.5) is 0 Å². The van der Waals surface area contributed by atoms with E-state index in [2.05, 4.69) is 9.97 Å². The summed E-state index contributed by atoms with van der Waals surface area (Å²) in [4.78, 5) is 22.5. The van der Waals surface area contributed by atoms with Gasteiger partial charge in [-0.3, -0.25) is 4.79 Å². The fourth-order valence-electron chi connectivity index (χ4n) is 2.51. The average Bonchev–Trinajstić information content (AvgIpc) is 2.55. The zero-order chi connectivity index (χ0) is 14.7. The minimum absolute atomic E-state index is 0.134. The second kappa shape index (κ2) is 5.91. The third kappa shape index (κ3) is 3.02. The molecule has 0 aliphatic carbocycles. The van der Waals surface area contributed by atoms with Crippen molar-refractivity contribution in [3.63, 3.8) is 0 Å². The molecule has 1 aromatic carbocycles. The molecular weight excluding hydrogens is 266 g/mol. The Kier molecular flexibility index (Phi) is 3.81. The van der Waals surface area contributed by atoms with E-state index in [1.807, 2.05) is 29.2 Å². The van der Waals surface area contributed by atoms with Crippen molar-refractivity contribution in [1.82, 2.24) is 14.9 Å². The maximum absolute atomic E-state index is 12.4. The molecule has 0 spiro atoms. The van der Waals surface area contributed by atoms with Crippen LogP contribution in [0.15, 0.2) is 36.8 Å². The van der Waals surface area contributed by atoms with Crippen LogP contribution >= 0.6 is 0 Å². The van der Waals surface area contributed by atoms with E-state index in [1.54, 1.807) is 19.6 Å². The number of aromatic nitrogens is 2. The molecule has 0 bridgehead atoms. The van der Waals surface area contributed by atoms with Crippen LogP contribution in [0, 0.1) is 0 Å². The molecule has 5 nitrogen and oxygen atoms in total. The first-order valence-corrected chi connectivity index (χ1v) is 6.95. The molecular formula is C16H17N3O2. The van der Waals surface area contributed by atoms with E-state index in [-0.39, 0.29) is 5.91 Å². The van der Waals surface area contributed by atoms with Gasteiger partial charge in [0.15, 0.2) is 0 Å². The van der Waals surface area contributed by atoms with Crippen molar-refractivity contribution in [1.29, 1.82) is 0 Å². The van der Waals surface area contributed by atoms with Crippen LogP contribution in [0.5, 0.6) is 5.75 Å². The topological polar surface area (TPSA) is 55.3 Å². The highest BCUT2D eigenvalue weighted by Crippen LogP contribution is 2.17. The summed E-state index contributed by atoms with van der Waals surface area (Å²) >= 11 is 0. The lowest BCUT2D eigenvalue weighted by Gasteiger charge is -2.28. The summed E-state index contributed by atoms with van der Waals surface area (Å²) in [7, 11) is 1.63. The van der Waals surface area contributed by atoms with Gasteiger partial charge >= 0.3 is 0 Å². The molecule has 0 fully saturated rings. The highest BCUT2D eigenvalue weighted by atomic mass is 16.5. The zero-order valence-electron chi connectivity index (χ0n) is 12.0. The van der Waals surface area contributed by atoms with Crippen molar-refractivity contribution >= 4 is 5.91 Å². The summed E-state index contributed by atoms with van der Waals surface area (Å²) in [6.07, 6.45) is 4.57. The number of ether oxygens (including phenoxy) is 1. The van der Waals surface area contributed by atoms with E-state index >= 15 is 0 Å². The lowest BCUT2D eigenvalue weighted by atomic mass is 10.1. The number of benzene rings is 1. The van der Waals surface area contributed by atoms with E-state index in [9.17, 15) is 4.79 Å². The van der Waals surface area contributed by atoms with Gasteiger partial charge in [0.05, 0.1) is 19.2 Å². The van der Waals surface area contributed by atoms with Crippen molar-refractivity contribution in [3.05, 3.63) is 53.6 Å². The first-order valence-electron chi connectivity index (χ1n) is 6.95. The second-order valence-electron chi connectivity index (χ2n) is 5.08. The van der Waals surface area contributed by atoms with E-state index in [4.69, 9.17) is 4.74 Å². The minimum atomic E-state index is 0.134. The molecule has 0 saturated carbocycles. The average molecular weight is 283 g/mol. The van der Waals surface area contributed by atoms with E-state index in [0.29, 0.717) is 13.0 Å². The SMILES string of the molecule is COc1ccc(CC(=O)N2CCc3ncncc3C2)cc1. The van der Waals surface area contributed by atoms with Crippen molar-refractivity contribution in [2.24, 2.45) is 0 Å². The number of fused-ring (bicyclic) bond motifs is 1. The van der Waals surface area contributed by atoms with Gasteiger partial charge in [0.25, 0.3) is 0 Å². The first-order chi connectivity index (χ1) is 10.3. The summed E-state index contributed by atoms with van der Waals surface area (Å²) in [5.41, 5.74) is 3.10. The van der Waals surface area contributed by atoms with Crippen LogP contribution < -0.4 is 4.74 Å². The van der Waals surface area contributed by atoms with Gasteiger partial charge in [-0.25, -0.2) is 9.97 Å². The third-order valence-electron chi connectivity index (χ3n) is 3.73. The Hall–Kier alpha value is -2.43. The monoisotopic (exact) mass is 283 g/mol. The Bertz CT molecular complexity index is 640. The van der Waals surface area contributed by atoms with Crippen LogP contribution in [-0.4, -0.2) is 34.4 Å². The van der Waals surface area contributed by atoms with Gasteiger partial charge < -0.3 is 9.64 Å². The molecule has 0 unspecified atom stereocenters. The Balaban J connectivity index is 1.66. The highest BCUT2D eigenvalue weighted by Gasteiger charge is 2.21. The van der Waals surface area contributed by atoms with Crippen molar-refractivity contribution in [3.8, 4) is 5.75 Å². The van der Waals surface area contributed by atoms with Crippen LogP contribution in [0.2, 0.25) is 0 Å². The van der Waals surface area contributed by atoms with E-state index in [1.165, 1.54) is 0 Å². The fourth-order valence-corrected chi connectivity index (χ4v) is 2.51. The van der Waals surface area contributed by atoms with Gasteiger partial charge in [-0.2, -0.15) is 0 Å². The Morgan fingerprint density at radius 1 is 1.33 bits per heavy atom. The summed E-state index contributed by atoms with van der Waals surface area (Å²) in [5.74, 6) is 0.935. The van der Waals surface area contributed by atoms with Crippen LogP contribution in [0.3, 0.4) is 0 Å². The Morgan fingerprint density at radius 3 is 2.90 bits per heavy atom. The lowest BCUT2D eigenvalue weighted by molar-refractivity contribution is -0.131. The molecule has 1 aliphatic heterocycles. The maximum Gasteiger partial charge on any atom is 0.227 e. The number of carbonyl (C=O) groups is 1. The molecule has 2 aromatic rings. The van der Waals surface area contributed by atoms with E-state index in [0.717, 1.165) is 35.5 Å². The number of hydrogen-bond donors (Lipinski definition) is 0. The predicted octanol–water partition coefficient (Wildman–Crippen LogP) is 1.61. The Labute approximate surface area is 123 Å². The van der Waals surface area contributed by atoms with Gasteiger partial charge in [-0.05, 0) is 17.7 Å². The van der Waals surface area contributed by atoms with Gasteiger partial charge in [-0.15, -0.1) is 0 Å². The fraction of sp³-hybridized carbons (Fsp3) is 0.312. The molecule has 21 heavy (non-hydrogen) atoms. The molecule has 0 N–H and O–H groups in total. The summed E-state index contributed by atoms with van der Waals surface area (Å²) in [6.45, 7) is 1.32. The summed E-state index contributed by atoms with van der Waals surface area (Å²) in [5, 5.41) is 0. The quantitative estimate of drug-likeness (QED) is 0.859. The molecule has 0 radical (unpaired) electrons. The van der Waals surface area contributed by atoms with Crippen LogP contribution in [0.1, 0.15) is 16.8 Å². The molecule has 0 saturated heterocycles. The maximum atomic E-state index is 12.4. The number of methoxy groups -OCH3 is 1. The number of hydrogen-bond acceptors (Lipinski definition) is 4.